The van der Waals surface area contributed by atoms with Crippen LogP contribution in [0, 0.1) is 0 Å². The first-order chi connectivity index (χ1) is 15.0. The van der Waals surface area contributed by atoms with E-state index < -0.39 is 18.1 Å². The van der Waals surface area contributed by atoms with Gasteiger partial charge >= 0.3 is 12.1 Å². The highest BCUT2D eigenvalue weighted by atomic mass is 35.5. The smallest absolute Gasteiger partial charge is 0.407 e. The molecule has 0 aliphatic heterocycles. The summed E-state index contributed by atoms with van der Waals surface area (Å²) in [5.41, 5.74) is 7.31. The van der Waals surface area contributed by atoms with Gasteiger partial charge in [0.05, 0.1) is 13.2 Å². The summed E-state index contributed by atoms with van der Waals surface area (Å²) in [5.74, 6) is -0.458. The van der Waals surface area contributed by atoms with Crippen LogP contribution < -0.4 is 21.1 Å². The molecule has 32 heavy (non-hydrogen) atoms. The zero-order chi connectivity index (χ0) is 22.5. The first kappa shape index (κ1) is 26.7. The minimum Gasteiger partial charge on any atom is -0.482 e. The minimum atomic E-state index is -0.748. The molecule has 2 amide bonds. The van der Waals surface area contributed by atoms with E-state index in [1.165, 1.54) is 7.11 Å². The molecule has 0 aliphatic rings. The van der Waals surface area contributed by atoms with E-state index in [-0.39, 0.29) is 31.5 Å². The van der Waals surface area contributed by atoms with Crippen LogP contribution in [0.15, 0.2) is 54.6 Å². The van der Waals surface area contributed by atoms with Gasteiger partial charge in [0.25, 0.3) is 0 Å². The van der Waals surface area contributed by atoms with Crippen molar-refractivity contribution in [2.24, 2.45) is 5.73 Å². The van der Waals surface area contributed by atoms with E-state index in [4.69, 9.17) is 15.2 Å². The zero-order valence-electron chi connectivity index (χ0n) is 17.7. The molecule has 9 nitrogen and oxygen atoms in total. The van der Waals surface area contributed by atoms with E-state index in [9.17, 15) is 14.4 Å². The van der Waals surface area contributed by atoms with Gasteiger partial charge in [0.2, 0.25) is 5.91 Å². The molecule has 0 bridgehead atoms. The number of hydrogen-bond donors (Lipinski definition) is 3. The molecule has 0 fully saturated rings. The fourth-order valence-corrected chi connectivity index (χ4v) is 2.52. The number of hydrogen-bond acceptors (Lipinski definition) is 7. The molecule has 10 heteroatoms. The molecular weight excluding hydrogens is 438 g/mol. The first-order valence-corrected chi connectivity index (χ1v) is 9.78. The number of rotatable bonds is 11. The number of anilines is 1. The second-order valence-corrected chi connectivity index (χ2v) is 6.62. The highest BCUT2D eigenvalue weighted by molar-refractivity contribution is 5.94. The summed E-state index contributed by atoms with van der Waals surface area (Å²) >= 11 is 0. The maximum absolute atomic E-state index is 12.3. The van der Waals surface area contributed by atoms with Crippen molar-refractivity contribution in [3.05, 3.63) is 60.2 Å². The van der Waals surface area contributed by atoms with Gasteiger partial charge in [0.15, 0.2) is 6.61 Å². The van der Waals surface area contributed by atoms with Crippen molar-refractivity contribution < 1.29 is 28.6 Å². The van der Waals surface area contributed by atoms with Gasteiger partial charge in [-0.2, -0.15) is 0 Å². The Kier molecular flexibility index (Phi) is 12.2. The van der Waals surface area contributed by atoms with E-state index >= 15 is 0 Å². The number of nitrogens with two attached hydrogens (primary N) is 1. The third-order valence-electron chi connectivity index (χ3n) is 4.20. The van der Waals surface area contributed by atoms with Crippen molar-refractivity contribution in [3.63, 3.8) is 0 Å². The number of alkyl carbamates (subject to hydrolysis) is 1. The molecule has 0 spiro atoms. The predicted molar refractivity (Wildman–Crippen MR) is 122 cm³/mol. The van der Waals surface area contributed by atoms with Crippen LogP contribution in [-0.4, -0.2) is 44.3 Å². The first-order valence-electron chi connectivity index (χ1n) is 9.78. The average Bonchev–Trinajstić information content (AvgIpc) is 2.79. The Bertz CT molecular complexity index is 866. The van der Waals surface area contributed by atoms with Gasteiger partial charge in [-0.1, -0.05) is 36.4 Å². The summed E-state index contributed by atoms with van der Waals surface area (Å²) in [7, 11) is 1.27. The molecule has 0 heterocycles. The van der Waals surface area contributed by atoms with Crippen molar-refractivity contribution in [3.8, 4) is 5.75 Å². The molecule has 174 valence electrons. The lowest BCUT2D eigenvalue weighted by Crippen LogP contribution is -2.36. The Morgan fingerprint density at radius 3 is 2.53 bits per heavy atom. The van der Waals surface area contributed by atoms with Gasteiger partial charge in [0.1, 0.15) is 12.4 Å². The number of halogens is 1. The van der Waals surface area contributed by atoms with E-state index in [0.29, 0.717) is 30.8 Å². The molecule has 2 aromatic carbocycles. The van der Waals surface area contributed by atoms with Crippen LogP contribution in [0.2, 0.25) is 0 Å². The van der Waals surface area contributed by atoms with Gasteiger partial charge in [-0.15, -0.1) is 12.4 Å². The molecule has 2 rings (SSSR count). The third-order valence-corrected chi connectivity index (χ3v) is 4.20. The summed E-state index contributed by atoms with van der Waals surface area (Å²) in [6.45, 7) is 0.302. The maximum Gasteiger partial charge on any atom is 0.407 e. The number of methoxy groups -OCH3 is 1. The van der Waals surface area contributed by atoms with Crippen LogP contribution >= 0.6 is 12.4 Å². The van der Waals surface area contributed by atoms with E-state index in [1.807, 2.05) is 30.3 Å². The lowest BCUT2D eigenvalue weighted by atomic mass is 10.1. The van der Waals surface area contributed by atoms with Crippen molar-refractivity contribution >= 4 is 36.1 Å². The van der Waals surface area contributed by atoms with Crippen LogP contribution in [0.25, 0.3) is 0 Å². The largest absolute Gasteiger partial charge is 0.482 e. The summed E-state index contributed by atoms with van der Waals surface area (Å²) in [5, 5.41) is 5.33. The molecule has 4 N–H and O–H groups in total. The van der Waals surface area contributed by atoms with Gasteiger partial charge < -0.3 is 30.6 Å². The van der Waals surface area contributed by atoms with Crippen LogP contribution in [0.5, 0.6) is 5.75 Å². The van der Waals surface area contributed by atoms with E-state index in [2.05, 4.69) is 15.4 Å². The number of esters is 1. The minimum absolute atomic E-state index is 0. The van der Waals surface area contributed by atoms with Gasteiger partial charge in [-0.05, 0) is 30.5 Å². The number of benzene rings is 2. The lowest BCUT2D eigenvalue weighted by Gasteiger charge is -2.13. The maximum atomic E-state index is 12.3. The van der Waals surface area contributed by atoms with Gasteiger partial charge in [0, 0.05) is 18.3 Å². The Labute approximate surface area is 193 Å². The zero-order valence-corrected chi connectivity index (χ0v) is 18.6. The van der Waals surface area contributed by atoms with Crippen molar-refractivity contribution in [2.45, 2.75) is 25.5 Å². The van der Waals surface area contributed by atoms with Crippen molar-refractivity contribution in [1.29, 1.82) is 0 Å². The summed E-state index contributed by atoms with van der Waals surface area (Å²) in [4.78, 5) is 35.1. The SMILES string of the molecule is COC(=O)COc1cccc(NC(=O)[C@@H](N)CCCNC(=O)OCc2ccccc2)c1.Cl. The summed E-state index contributed by atoms with van der Waals surface area (Å²) in [6, 6.07) is 15.2. The molecular formula is C22H28ClN3O6. The number of amides is 2. The predicted octanol–water partition coefficient (Wildman–Crippen LogP) is 2.63. The van der Waals surface area contributed by atoms with Crippen LogP contribution in [-0.2, 0) is 25.7 Å². The Balaban J connectivity index is 0.00000512. The Hall–Kier alpha value is -3.30. The van der Waals surface area contributed by atoms with E-state index in [1.54, 1.807) is 24.3 Å². The average molecular weight is 466 g/mol. The number of carbonyl (C=O) groups is 3. The van der Waals surface area contributed by atoms with E-state index in [0.717, 1.165) is 5.56 Å². The third kappa shape index (κ3) is 10.1. The molecule has 0 radical (unpaired) electrons. The molecule has 0 unspecified atom stereocenters. The molecule has 0 saturated carbocycles. The van der Waals surface area contributed by atoms with Gasteiger partial charge in [-0.3, -0.25) is 4.79 Å². The summed E-state index contributed by atoms with van der Waals surface area (Å²) in [6.07, 6.45) is 0.367. The standard InChI is InChI=1S/C22H27N3O6.ClH/c1-29-20(26)15-30-18-10-5-9-17(13-18)25-21(27)19(23)11-6-12-24-22(28)31-14-16-7-3-2-4-8-16;/h2-5,7-10,13,19H,6,11-12,14-15,23H2,1H3,(H,24,28)(H,25,27);1H/t19-;/m0./s1. The van der Waals surface area contributed by atoms with Crippen molar-refractivity contribution in [2.75, 3.05) is 25.6 Å². The Morgan fingerprint density at radius 1 is 1.06 bits per heavy atom. The lowest BCUT2D eigenvalue weighted by molar-refractivity contribution is -0.142. The highest BCUT2D eigenvalue weighted by Crippen LogP contribution is 2.17. The Morgan fingerprint density at radius 2 is 1.81 bits per heavy atom. The number of carbonyl (C=O) groups excluding carboxylic acids is 3. The van der Waals surface area contributed by atoms with Crippen molar-refractivity contribution in [1.82, 2.24) is 5.32 Å². The van der Waals surface area contributed by atoms with Crippen LogP contribution in [0.1, 0.15) is 18.4 Å². The summed E-state index contributed by atoms with van der Waals surface area (Å²) < 4.78 is 14.9. The van der Waals surface area contributed by atoms with Crippen LogP contribution in [0.3, 0.4) is 0 Å². The van der Waals surface area contributed by atoms with Crippen LogP contribution in [0.4, 0.5) is 10.5 Å². The fraction of sp³-hybridized carbons (Fsp3) is 0.318. The second-order valence-electron chi connectivity index (χ2n) is 6.62. The molecule has 0 aliphatic carbocycles. The quantitative estimate of drug-likeness (QED) is 0.343. The second kappa shape index (κ2) is 14.7. The fourth-order valence-electron chi connectivity index (χ4n) is 2.52. The molecule has 2 aromatic rings. The molecule has 0 aromatic heterocycles. The van der Waals surface area contributed by atoms with Gasteiger partial charge in [-0.25, -0.2) is 9.59 Å². The highest BCUT2D eigenvalue weighted by Gasteiger charge is 2.14. The topological polar surface area (TPSA) is 129 Å². The monoisotopic (exact) mass is 465 g/mol. The molecule has 1 atom stereocenters. The molecule has 0 saturated heterocycles. The number of nitrogens with one attached hydrogen (secondary N) is 2. The normalized spacial score (nSPS) is 10.8. The number of ether oxygens (including phenoxy) is 3.